The van der Waals surface area contributed by atoms with Gasteiger partial charge in [-0.1, -0.05) is 135 Å². The molecule has 0 unspecified atom stereocenters. The van der Waals surface area contributed by atoms with Gasteiger partial charge in [-0.15, -0.1) is 0 Å². The maximum absolute atomic E-state index is 6.64. The second-order valence-electron chi connectivity index (χ2n) is 15.2. The molecule has 3 aromatic heterocycles. The van der Waals surface area contributed by atoms with Crippen molar-refractivity contribution in [3.63, 3.8) is 0 Å². The van der Waals surface area contributed by atoms with E-state index >= 15 is 0 Å². The number of nitrogens with zero attached hydrogens (tertiary/aromatic N) is 1. The van der Waals surface area contributed by atoms with Crippen LogP contribution in [0.5, 0.6) is 0 Å². The molecule has 3 nitrogen and oxygen atoms in total. The van der Waals surface area contributed by atoms with Crippen LogP contribution in [0.1, 0.15) is 25.0 Å². The molecule has 8 aromatic carbocycles. The highest BCUT2D eigenvalue weighted by atomic mass is 16.3. The minimum Gasteiger partial charge on any atom is -0.455 e. The summed E-state index contributed by atoms with van der Waals surface area (Å²) in [7, 11) is 0. The van der Waals surface area contributed by atoms with Gasteiger partial charge in [-0.05, 0) is 75.8 Å². The predicted molar refractivity (Wildman–Crippen MR) is 224 cm³/mol. The van der Waals surface area contributed by atoms with Crippen molar-refractivity contribution < 1.29 is 8.83 Å². The fourth-order valence-corrected chi connectivity index (χ4v) is 9.61. The van der Waals surface area contributed by atoms with Gasteiger partial charge in [0.2, 0.25) is 0 Å². The smallest absolute Gasteiger partial charge is 0.143 e. The molecule has 1 aliphatic rings. The fourth-order valence-electron chi connectivity index (χ4n) is 9.61. The molecule has 0 radical (unpaired) electrons. The summed E-state index contributed by atoms with van der Waals surface area (Å²) in [5.41, 5.74) is 16.6. The Labute approximate surface area is 311 Å². The van der Waals surface area contributed by atoms with Crippen molar-refractivity contribution in [2.75, 3.05) is 0 Å². The molecule has 0 bridgehead atoms. The molecule has 3 heteroatoms. The van der Waals surface area contributed by atoms with E-state index in [1.165, 1.54) is 44.1 Å². The van der Waals surface area contributed by atoms with E-state index in [1.807, 2.05) is 12.1 Å². The van der Waals surface area contributed by atoms with E-state index in [4.69, 9.17) is 8.83 Å². The first-order chi connectivity index (χ1) is 26.5. The van der Waals surface area contributed by atoms with E-state index < -0.39 is 0 Å². The van der Waals surface area contributed by atoms with Gasteiger partial charge in [-0.25, -0.2) is 0 Å². The summed E-state index contributed by atoms with van der Waals surface area (Å²) in [6, 6.07) is 59.1. The third kappa shape index (κ3) is 3.91. The number of furan rings is 2. The predicted octanol–water partition coefficient (Wildman–Crippen LogP) is 14.2. The second-order valence-corrected chi connectivity index (χ2v) is 15.2. The number of fused-ring (bicyclic) bond motifs is 13. The number of hydrogen-bond donors (Lipinski definition) is 0. The summed E-state index contributed by atoms with van der Waals surface area (Å²) in [4.78, 5) is 0. The maximum Gasteiger partial charge on any atom is 0.143 e. The van der Waals surface area contributed by atoms with Crippen LogP contribution in [0.2, 0.25) is 0 Å². The summed E-state index contributed by atoms with van der Waals surface area (Å²) >= 11 is 0. The second kappa shape index (κ2) is 10.6. The van der Waals surface area contributed by atoms with E-state index in [0.717, 1.165) is 71.8 Å². The molecule has 0 spiro atoms. The number of benzene rings is 8. The average Bonchev–Trinajstić information content (AvgIpc) is 3.94. The van der Waals surface area contributed by atoms with Crippen LogP contribution in [0.3, 0.4) is 0 Å². The van der Waals surface area contributed by atoms with Crippen LogP contribution >= 0.6 is 0 Å². The average molecular weight is 692 g/mol. The molecule has 0 saturated heterocycles. The van der Waals surface area contributed by atoms with E-state index in [2.05, 4.69) is 170 Å². The zero-order chi connectivity index (χ0) is 35.7. The SMILES string of the molecule is CC1(C)c2ccccc2-c2ccc3c(c21)c1ccccc1n3-c1cc(-c2cccc3c2oc2ccccc23)cc(-c2cccc3c2oc2ccccc23)c1. The van der Waals surface area contributed by atoms with Gasteiger partial charge in [-0.2, -0.15) is 0 Å². The highest BCUT2D eigenvalue weighted by Crippen LogP contribution is 2.53. The zero-order valence-corrected chi connectivity index (χ0v) is 29.9. The molecular formula is C51H33NO2. The lowest BCUT2D eigenvalue weighted by molar-refractivity contribution is 0.666. The summed E-state index contributed by atoms with van der Waals surface area (Å²) in [6.45, 7) is 4.76. The quantitative estimate of drug-likeness (QED) is 0.185. The lowest BCUT2D eigenvalue weighted by atomic mass is 9.80. The fraction of sp³-hybridized carbons (Fsp3) is 0.0588. The normalized spacial score (nSPS) is 13.5. The molecule has 0 aliphatic heterocycles. The molecular weight excluding hydrogens is 659 g/mol. The van der Waals surface area contributed by atoms with Crippen LogP contribution in [-0.4, -0.2) is 4.57 Å². The number of aromatic nitrogens is 1. The Morgan fingerprint density at radius 3 is 1.63 bits per heavy atom. The van der Waals surface area contributed by atoms with Crippen LogP contribution in [-0.2, 0) is 5.41 Å². The standard InChI is InChI=1S/C51H33NO2/c1-51(2)42-21-7-3-13-35(42)38-25-26-44-47(48(38)51)41-16-4-8-22-43(41)52(44)32-28-30(33-17-11-19-39-36-14-5-9-23-45(36)53-49(33)39)27-31(29-32)34-18-12-20-40-37-15-6-10-24-46(37)54-50(34)40/h3-29H,1-2H3. The minimum atomic E-state index is -0.152. The van der Waals surface area contributed by atoms with Gasteiger partial charge < -0.3 is 13.4 Å². The third-order valence-corrected chi connectivity index (χ3v) is 12.0. The molecule has 0 N–H and O–H groups in total. The summed E-state index contributed by atoms with van der Waals surface area (Å²) in [6.07, 6.45) is 0. The molecule has 1 aliphatic carbocycles. The van der Waals surface area contributed by atoms with Crippen LogP contribution in [0.15, 0.2) is 173 Å². The number of hydrogen-bond acceptors (Lipinski definition) is 2. The first-order valence-corrected chi connectivity index (χ1v) is 18.7. The van der Waals surface area contributed by atoms with Crippen molar-refractivity contribution in [2.24, 2.45) is 0 Å². The molecule has 11 aromatic rings. The summed E-state index contributed by atoms with van der Waals surface area (Å²) < 4.78 is 15.8. The monoisotopic (exact) mass is 691 g/mol. The first kappa shape index (κ1) is 29.7. The van der Waals surface area contributed by atoms with Crippen molar-refractivity contribution in [3.05, 3.63) is 175 Å². The lowest BCUT2D eigenvalue weighted by Gasteiger charge is -2.22. The molecule has 0 fully saturated rings. The zero-order valence-electron chi connectivity index (χ0n) is 29.9. The largest absolute Gasteiger partial charge is 0.455 e. The van der Waals surface area contributed by atoms with Crippen molar-refractivity contribution in [2.45, 2.75) is 19.3 Å². The molecule has 3 heterocycles. The van der Waals surface area contributed by atoms with Gasteiger partial charge in [0.05, 0.1) is 11.0 Å². The Kier molecular flexibility index (Phi) is 5.84. The minimum absolute atomic E-state index is 0.152. The van der Waals surface area contributed by atoms with Crippen LogP contribution in [0.4, 0.5) is 0 Å². The Hall–Kier alpha value is -6.84. The van der Waals surface area contributed by atoms with Crippen molar-refractivity contribution in [3.8, 4) is 39.1 Å². The van der Waals surface area contributed by atoms with Gasteiger partial charge in [0.1, 0.15) is 22.3 Å². The van der Waals surface area contributed by atoms with E-state index in [9.17, 15) is 0 Å². The van der Waals surface area contributed by atoms with E-state index in [0.29, 0.717) is 0 Å². The summed E-state index contributed by atoms with van der Waals surface area (Å²) in [5.74, 6) is 0. The molecule has 54 heavy (non-hydrogen) atoms. The van der Waals surface area contributed by atoms with Gasteiger partial charge in [0, 0.05) is 54.5 Å². The van der Waals surface area contributed by atoms with Crippen molar-refractivity contribution in [1.82, 2.24) is 4.57 Å². The molecule has 0 saturated carbocycles. The number of para-hydroxylation sites is 5. The number of rotatable bonds is 3. The summed E-state index contributed by atoms with van der Waals surface area (Å²) in [5, 5.41) is 7.05. The lowest BCUT2D eigenvalue weighted by Crippen LogP contribution is -2.15. The Morgan fingerprint density at radius 2 is 0.963 bits per heavy atom. The molecule has 254 valence electrons. The Balaban J connectivity index is 1.19. The van der Waals surface area contributed by atoms with Gasteiger partial charge in [-0.3, -0.25) is 0 Å². The van der Waals surface area contributed by atoms with Crippen LogP contribution in [0, 0.1) is 0 Å². The molecule has 12 rings (SSSR count). The van der Waals surface area contributed by atoms with Crippen molar-refractivity contribution >= 4 is 65.7 Å². The van der Waals surface area contributed by atoms with Crippen LogP contribution < -0.4 is 0 Å². The Morgan fingerprint density at radius 1 is 0.426 bits per heavy atom. The third-order valence-electron chi connectivity index (χ3n) is 12.0. The highest BCUT2D eigenvalue weighted by molar-refractivity contribution is 6.15. The maximum atomic E-state index is 6.64. The first-order valence-electron chi connectivity index (χ1n) is 18.7. The Bertz CT molecular complexity index is 3240. The van der Waals surface area contributed by atoms with E-state index in [-0.39, 0.29) is 5.41 Å². The van der Waals surface area contributed by atoms with Gasteiger partial charge >= 0.3 is 0 Å². The van der Waals surface area contributed by atoms with Gasteiger partial charge in [0.15, 0.2) is 0 Å². The highest BCUT2D eigenvalue weighted by Gasteiger charge is 2.38. The van der Waals surface area contributed by atoms with Crippen LogP contribution in [0.25, 0.3) is 105 Å². The van der Waals surface area contributed by atoms with Crippen molar-refractivity contribution in [1.29, 1.82) is 0 Å². The molecule has 0 amide bonds. The van der Waals surface area contributed by atoms with Gasteiger partial charge in [0.25, 0.3) is 0 Å². The topological polar surface area (TPSA) is 31.2 Å². The van der Waals surface area contributed by atoms with E-state index in [1.54, 1.807) is 0 Å². The molecule has 0 atom stereocenters.